The molecule has 4 nitrogen and oxygen atoms in total. The van der Waals surface area contributed by atoms with Crippen molar-refractivity contribution in [3.05, 3.63) is 52.5 Å². The van der Waals surface area contributed by atoms with Crippen molar-refractivity contribution < 1.29 is 0 Å². The number of rotatable bonds is 4. The lowest BCUT2D eigenvalue weighted by Gasteiger charge is -2.06. The van der Waals surface area contributed by atoms with Crippen LogP contribution < -0.4 is 4.72 Å². The number of nitrogens with zero attached hydrogens (tertiary/aromatic N) is 2. The van der Waals surface area contributed by atoms with Gasteiger partial charge in [0.25, 0.3) is 0 Å². The summed E-state index contributed by atoms with van der Waals surface area (Å²) in [6.07, 6.45) is 0. The van der Waals surface area contributed by atoms with E-state index in [1.54, 1.807) is 22.6 Å². The van der Waals surface area contributed by atoms with Gasteiger partial charge in [-0.25, -0.2) is 0 Å². The summed E-state index contributed by atoms with van der Waals surface area (Å²) < 4.78 is 9.78. The Labute approximate surface area is 152 Å². The van der Waals surface area contributed by atoms with Crippen LogP contribution in [0.3, 0.4) is 0 Å². The fourth-order valence-corrected chi connectivity index (χ4v) is 7.01. The van der Waals surface area contributed by atoms with Gasteiger partial charge in [0.05, 0.1) is 15.6 Å². The zero-order valence-electron chi connectivity index (χ0n) is 11.6. The van der Waals surface area contributed by atoms with Gasteiger partial charge < -0.3 is 4.72 Å². The van der Waals surface area contributed by atoms with E-state index in [-0.39, 0.29) is 9.91 Å². The van der Waals surface area contributed by atoms with E-state index in [0.29, 0.717) is 3.95 Å². The molecule has 23 heavy (non-hydrogen) atoms. The first-order chi connectivity index (χ1) is 11.3. The molecule has 2 heterocycles. The average Bonchev–Trinajstić information content (AvgIpc) is 3.14. The lowest BCUT2D eigenvalue weighted by atomic mass is 10.3. The molecule has 0 amide bonds. The number of hydrogen-bond acceptors (Lipinski definition) is 7. The summed E-state index contributed by atoms with van der Waals surface area (Å²) in [5, 5.41) is 6.95. The van der Waals surface area contributed by atoms with Crippen molar-refractivity contribution in [1.82, 2.24) is 10.2 Å². The Morgan fingerprint density at radius 3 is 2.70 bits per heavy atom. The molecule has 0 radical (unpaired) electrons. The Balaban J connectivity index is 1.44. The van der Waals surface area contributed by atoms with Gasteiger partial charge in [-0.05, 0) is 59.4 Å². The molecule has 1 aromatic heterocycles. The highest BCUT2D eigenvalue weighted by Gasteiger charge is 2.13. The summed E-state index contributed by atoms with van der Waals surface area (Å²) in [5.74, 6) is 0. The minimum absolute atomic E-state index is 0.260. The molecule has 0 aliphatic carbocycles. The quantitative estimate of drug-likeness (QED) is 0.430. The van der Waals surface area contributed by atoms with Crippen LogP contribution in [0.15, 0.2) is 67.0 Å². The maximum atomic E-state index is 5.05. The summed E-state index contributed by atoms with van der Waals surface area (Å²) >= 11 is 8.13. The van der Waals surface area contributed by atoms with Crippen LogP contribution in [0, 0.1) is 3.95 Å². The van der Waals surface area contributed by atoms with E-state index < -0.39 is 0 Å². The van der Waals surface area contributed by atoms with Crippen molar-refractivity contribution in [3.63, 3.8) is 0 Å². The van der Waals surface area contributed by atoms with E-state index in [1.807, 2.05) is 12.1 Å². The SMILES string of the molecule is S=c1[nH]nc(Sc2ccc(NS3=Nc4ccccc4S3)cc2)s1. The van der Waals surface area contributed by atoms with Gasteiger partial charge in [-0.2, -0.15) is 9.46 Å². The molecule has 2 aromatic carbocycles. The third-order valence-electron chi connectivity index (χ3n) is 2.90. The predicted octanol–water partition coefficient (Wildman–Crippen LogP) is 5.83. The van der Waals surface area contributed by atoms with Gasteiger partial charge in [0, 0.05) is 15.5 Å². The van der Waals surface area contributed by atoms with Crippen LogP contribution in [0.4, 0.5) is 11.4 Å². The third kappa shape index (κ3) is 3.69. The molecule has 4 rings (SSSR count). The van der Waals surface area contributed by atoms with Crippen molar-refractivity contribution in [2.75, 3.05) is 4.72 Å². The van der Waals surface area contributed by atoms with Gasteiger partial charge in [0.1, 0.15) is 0 Å². The number of fused-ring (bicyclic) bond motifs is 1. The Kier molecular flexibility index (Phi) is 4.54. The maximum absolute atomic E-state index is 5.05. The maximum Gasteiger partial charge on any atom is 0.177 e. The number of H-pyrrole nitrogens is 1. The molecule has 1 atom stereocenters. The number of anilines is 1. The highest BCUT2D eigenvalue weighted by molar-refractivity contribution is 8.70. The molecule has 0 saturated heterocycles. The molecule has 0 bridgehead atoms. The fraction of sp³-hybridized carbons (Fsp3) is 0. The smallest absolute Gasteiger partial charge is 0.177 e. The zero-order valence-corrected chi connectivity index (χ0v) is 15.6. The highest BCUT2D eigenvalue weighted by Crippen LogP contribution is 2.40. The molecule has 1 aliphatic heterocycles. The van der Waals surface area contributed by atoms with Gasteiger partial charge in [0.15, 0.2) is 8.29 Å². The van der Waals surface area contributed by atoms with Crippen molar-refractivity contribution in [2.45, 2.75) is 14.1 Å². The molecule has 9 heteroatoms. The molecule has 0 fully saturated rings. The Bertz CT molecular complexity index is 929. The Morgan fingerprint density at radius 2 is 1.96 bits per heavy atom. The summed E-state index contributed by atoms with van der Waals surface area (Å²) in [4.78, 5) is 2.37. The van der Waals surface area contributed by atoms with Gasteiger partial charge in [-0.3, -0.25) is 5.10 Å². The number of aromatic nitrogens is 2. The second kappa shape index (κ2) is 6.78. The van der Waals surface area contributed by atoms with Crippen molar-refractivity contribution in [2.24, 2.45) is 4.36 Å². The van der Waals surface area contributed by atoms with E-state index in [4.69, 9.17) is 16.6 Å². The molecular formula is C14H10N4S5. The van der Waals surface area contributed by atoms with Gasteiger partial charge in [-0.15, -0.1) is 0 Å². The second-order valence-corrected chi connectivity index (χ2v) is 10.4. The van der Waals surface area contributed by atoms with Crippen molar-refractivity contribution in [1.29, 1.82) is 0 Å². The van der Waals surface area contributed by atoms with Crippen LogP contribution in [0.2, 0.25) is 0 Å². The van der Waals surface area contributed by atoms with Crippen LogP contribution in [0.5, 0.6) is 0 Å². The average molecular weight is 395 g/mol. The molecule has 0 saturated carbocycles. The molecule has 116 valence electrons. The first-order valence-corrected chi connectivity index (χ1v) is 11.2. The van der Waals surface area contributed by atoms with Gasteiger partial charge in [-0.1, -0.05) is 35.2 Å². The number of benzene rings is 2. The summed E-state index contributed by atoms with van der Waals surface area (Å²) in [7, 11) is 1.50. The standard InChI is InChI=1S/C14H10N4S5/c19-13-15-16-14(21-13)20-10-7-5-9(6-8-10)17-23-18-11-3-1-2-4-12(11)22-23/h1-8H,(H,15,19)(H,17,18). The third-order valence-corrected chi connectivity index (χ3v) is 8.00. The molecule has 2 N–H and O–H groups in total. The van der Waals surface area contributed by atoms with Crippen LogP contribution >= 0.6 is 46.1 Å². The summed E-state index contributed by atoms with van der Waals surface area (Å²) in [5.41, 5.74) is 2.14. The normalized spacial score (nSPS) is 15.9. The summed E-state index contributed by atoms with van der Waals surface area (Å²) in [6, 6.07) is 16.5. The van der Waals surface area contributed by atoms with E-state index in [0.717, 1.165) is 20.6 Å². The van der Waals surface area contributed by atoms with E-state index >= 15 is 0 Å². The van der Waals surface area contributed by atoms with Crippen LogP contribution in [0.1, 0.15) is 0 Å². The Hall–Kier alpha value is -1.13. The van der Waals surface area contributed by atoms with Gasteiger partial charge in [0.2, 0.25) is 0 Å². The minimum atomic E-state index is -0.260. The Morgan fingerprint density at radius 1 is 1.13 bits per heavy atom. The molecule has 1 unspecified atom stereocenters. The zero-order chi connectivity index (χ0) is 15.6. The fourth-order valence-electron chi connectivity index (χ4n) is 1.89. The van der Waals surface area contributed by atoms with Crippen LogP contribution in [-0.2, 0) is 9.91 Å². The summed E-state index contributed by atoms with van der Waals surface area (Å²) in [6.45, 7) is 0. The lowest BCUT2D eigenvalue weighted by molar-refractivity contribution is 1.00. The molecule has 1 aliphatic rings. The van der Waals surface area contributed by atoms with Crippen LogP contribution in [0.25, 0.3) is 0 Å². The highest BCUT2D eigenvalue weighted by atomic mass is 33.1. The monoisotopic (exact) mass is 394 g/mol. The predicted molar refractivity (Wildman–Crippen MR) is 103 cm³/mol. The molecular weight excluding hydrogens is 385 g/mol. The van der Waals surface area contributed by atoms with Crippen molar-refractivity contribution in [3.8, 4) is 0 Å². The van der Waals surface area contributed by atoms with Gasteiger partial charge >= 0.3 is 0 Å². The lowest BCUT2D eigenvalue weighted by Crippen LogP contribution is -1.96. The van der Waals surface area contributed by atoms with E-state index in [2.05, 4.69) is 51.3 Å². The minimum Gasteiger partial charge on any atom is -0.312 e. The van der Waals surface area contributed by atoms with E-state index in [9.17, 15) is 0 Å². The van der Waals surface area contributed by atoms with E-state index in [1.165, 1.54) is 16.2 Å². The number of hydrogen-bond donors (Lipinski definition) is 2. The topological polar surface area (TPSA) is 53.1 Å². The number of aromatic amines is 1. The molecule has 0 spiro atoms. The van der Waals surface area contributed by atoms with Crippen LogP contribution in [-0.4, -0.2) is 10.2 Å². The first kappa shape index (κ1) is 15.4. The second-order valence-electron chi connectivity index (χ2n) is 4.50. The number of nitrogens with one attached hydrogen (secondary N) is 2. The van der Waals surface area contributed by atoms with Crippen molar-refractivity contribution >= 4 is 67.4 Å². The first-order valence-electron chi connectivity index (χ1n) is 6.60. The largest absolute Gasteiger partial charge is 0.312 e. The molecule has 3 aromatic rings.